The van der Waals surface area contributed by atoms with Crippen LogP contribution >= 0.6 is 8.03 Å². The first-order chi connectivity index (χ1) is 5.31. The summed E-state index contributed by atoms with van der Waals surface area (Å²) in [5, 5.41) is 0. The summed E-state index contributed by atoms with van der Waals surface area (Å²) in [5.41, 5.74) is 0. The van der Waals surface area contributed by atoms with Gasteiger partial charge < -0.3 is 4.52 Å². The maximum absolute atomic E-state index is 11.0. The van der Waals surface area contributed by atoms with E-state index in [-0.39, 0.29) is 29.6 Å². The zero-order chi connectivity index (χ0) is 8.53. The van der Waals surface area contributed by atoms with Crippen molar-refractivity contribution in [3.8, 4) is 0 Å². The van der Waals surface area contributed by atoms with Crippen LogP contribution in [-0.4, -0.2) is 42.3 Å². The molecule has 0 amide bonds. The Morgan fingerprint density at radius 1 is 1.17 bits per heavy atom. The Kier molecular flexibility index (Phi) is 15.9. The number of hydrogen-bond acceptors (Lipinski definition) is 2. The van der Waals surface area contributed by atoms with E-state index in [2.05, 4.69) is 13.8 Å². The molecule has 0 N–H and O–H groups in total. The first-order valence-electron chi connectivity index (χ1n) is 4.46. The van der Waals surface area contributed by atoms with Gasteiger partial charge in [-0.2, -0.15) is 0 Å². The maximum atomic E-state index is 11.0. The monoisotopic (exact) mass is 202 g/mol. The molecule has 0 bridgehead atoms. The van der Waals surface area contributed by atoms with Crippen molar-refractivity contribution in [2.24, 2.45) is 0 Å². The Bertz CT molecular complexity index is 109. The summed E-state index contributed by atoms with van der Waals surface area (Å²) in [6.45, 7) is 4.88. The van der Waals surface area contributed by atoms with Crippen molar-refractivity contribution in [3.05, 3.63) is 0 Å². The topological polar surface area (TPSA) is 26.3 Å². The molecule has 0 aliphatic heterocycles. The van der Waals surface area contributed by atoms with Crippen LogP contribution in [0.25, 0.3) is 0 Å². The average molecular weight is 202 g/mol. The van der Waals surface area contributed by atoms with Gasteiger partial charge in [0, 0.05) is 6.16 Å². The molecule has 0 radical (unpaired) electrons. The molecule has 0 saturated carbocycles. The molecule has 0 heterocycles. The fourth-order valence-electron chi connectivity index (χ4n) is 0.724. The van der Waals surface area contributed by atoms with Gasteiger partial charge in [0.1, 0.15) is 0 Å². The second kappa shape index (κ2) is 12.2. The van der Waals surface area contributed by atoms with E-state index in [9.17, 15) is 4.57 Å². The van der Waals surface area contributed by atoms with Crippen molar-refractivity contribution < 1.29 is 9.09 Å². The minimum absolute atomic E-state index is 0. The molecule has 1 atom stereocenters. The van der Waals surface area contributed by atoms with E-state index in [0.717, 1.165) is 31.8 Å². The van der Waals surface area contributed by atoms with E-state index in [0.29, 0.717) is 6.61 Å². The van der Waals surface area contributed by atoms with Crippen molar-refractivity contribution in [1.82, 2.24) is 0 Å². The van der Waals surface area contributed by atoms with Crippen LogP contribution in [0.2, 0.25) is 0 Å². The molecule has 12 heavy (non-hydrogen) atoms. The molecule has 0 aromatic carbocycles. The van der Waals surface area contributed by atoms with Crippen molar-refractivity contribution >= 4 is 37.6 Å². The van der Waals surface area contributed by atoms with E-state index in [1.807, 2.05) is 0 Å². The van der Waals surface area contributed by atoms with E-state index in [1.165, 1.54) is 0 Å². The molecule has 0 aliphatic rings. The van der Waals surface area contributed by atoms with Crippen LogP contribution in [0.4, 0.5) is 0 Å². The third-order valence-electron chi connectivity index (χ3n) is 1.50. The van der Waals surface area contributed by atoms with Gasteiger partial charge in [-0.1, -0.05) is 26.7 Å². The molecule has 0 rings (SSSR count). The first-order valence-corrected chi connectivity index (χ1v) is 5.99. The molecule has 0 aromatic heterocycles. The van der Waals surface area contributed by atoms with Gasteiger partial charge >= 0.3 is 29.6 Å². The Morgan fingerprint density at radius 2 is 1.75 bits per heavy atom. The zero-order valence-electron chi connectivity index (χ0n) is 7.56. The third-order valence-corrected chi connectivity index (χ3v) is 2.78. The van der Waals surface area contributed by atoms with Crippen LogP contribution in [0.15, 0.2) is 0 Å². The zero-order valence-corrected chi connectivity index (χ0v) is 8.56. The Hall–Kier alpha value is 1.19. The van der Waals surface area contributed by atoms with Crippen LogP contribution in [0.1, 0.15) is 39.5 Å². The van der Waals surface area contributed by atoms with E-state index >= 15 is 0 Å². The SMILES string of the molecule is CCCCO[PH](=O)CCCC.[NaH]. The predicted molar refractivity (Wildman–Crippen MR) is 56.8 cm³/mol. The van der Waals surface area contributed by atoms with Gasteiger partial charge in [-0.3, -0.25) is 4.57 Å². The van der Waals surface area contributed by atoms with Gasteiger partial charge in [-0.25, -0.2) is 0 Å². The molecular weight excluding hydrogens is 182 g/mol. The second-order valence-electron chi connectivity index (χ2n) is 2.68. The van der Waals surface area contributed by atoms with Crippen molar-refractivity contribution in [1.29, 1.82) is 0 Å². The van der Waals surface area contributed by atoms with E-state index in [4.69, 9.17) is 4.52 Å². The number of unbranched alkanes of at least 4 members (excludes halogenated alkanes) is 2. The third kappa shape index (κ3) is 11.2. The minimum atomic E-state index is -1.67. The summed E-state index contributed by atoms with van der Waals surface area (Å²) >= 11 is 0. The van der Waals surface area contributed by atoms with Crippen LogP contribution in [0, 0.1) is 0 Å². The van der Waals surface area contributed by atoms with Crippen molar-refractivity contribution in [3.63, 3.8) is 0 Å². The van der Waals surface area contributed by atoms with E-state index in [1.54, 1.807) is 0 Å². The molecular formula is C8H20NaO2P. The normalized spacial score (nSPS) is 12.2. The molecule has 4 heteroatoms. The number of hydrogen-bond donors (Lipinski definition) is 0. The van der Waals surface area contributed by atoms with Crippen LogP contribution < -0.4 is 0 Å². The van der Waals surface area contributed by atoms with Crippen LogP contribution in [0.3, 0.4) is 0 Å². The molecule has 70 valence electrons. The summed E-state index contributed by atoms with van der Waals surface area (Å²) in [5.74, 6) is 0. The Morgan fingerprint density at radius 3 is 2.25 bits per heavy atom. The molecule has 1 unspecified atom stereocenters. The Labute approximate surface area is 98.6 Å². The van der Waals surface area contributed by atoms with E-state index < -0.39 is 8.03 Å². The quantitative estimate of drug-likeness (QED) is 0.360. The first kappa shape index (κ1) is 15.7. The molecule has 2 nitrogen and oxygen atoms in total. The Balaban J connectivity index is 0. The molecule has 0 saturated heterocycles. The summed E-state index contributed by atoms with van der Waals surface area (Å²) in [6, 6.07) is 0. The summed E-state index contributed by atoms with van der Waals surface area (Å²) in [7, 11) is -1.67. The fourth-order valence-corrected chi connectivity index (χ4v) is 1.88. The predicted octanol–water partition coefficient (Wildman–Crippen LogP) is 2.43. The van der Waals surface area contributed by atoms with Gasteiger partial charge in [0.05, 0.1) is 6.61 Å². The van der Waals surface area contributed by atoms with Crippen LogP contribution in [0.5, 0.6) is 0 Å². The molecule has 0 aromatic rings. The van der Waals surface area contributed by atoms with Crippen LogP contribution in [-0.2, 0) is 9.09 Å². The summed E-state index contributed by atoms with van der Waals surface area (Å²) in [4.78, 5) is 0. The van der Waals surface area contributed by atoms with Gasteiger partial charge in [0.25, 0.3) is 0 Å². The van der Waals surface area contributed by atoms with Crippen molar-refractivity contribution in [2.45, 2.75) is 39.5 Å². The van der Waals surface area contributed by atoms with Gasteiger partial charge in [0.15, 0.2) is 8.03 Å². The van der Waals surface area contributed by atoms with Gasteiger partial charge in [-0.15, -0.1) is 0 Å². The summed E-state index contributed by atoms with van der Waals surface area (Å²) < 4.78 is 16.2. The fraction of sp³-hybridized carbons (Fsp3) is 1.00. The molecule has 0 aliphatic carbocycles. The number of rotatable bonds is 7. The van der Waals surface area contributed by atoms with Crippen molar-refractivity contribution in [2.75, 3.05) is 12.8 Å². The summed E-state index contributed by atoms with van der Waals surface area (Å²) in [6.07, 6.45) is 5.05. The molecule has 0 fully saturated rings. The second-order valence-corrected chi connectivity index (χ2v) is 4.21. The average Bonchev–Trinajstić information content (AvgIpc) is 2.01. The van der Waals surface area contributed by atoms with Gasteiger partial charge in [-0.05, 0) is 12.8 Å². The standard InChI is InChI=1S/C8H19O2P.Na.H/c1-3-5-7-10-11(9)8-6-4-2;;/h11H,3-8H2,1-2H3;;. The van der Waals surface area contributed by atoms with Gasteiger partial charge in [0.2, 0.25) is 0 Å². The molecule has 0 spiro atoms.